The van der Waals surface area contributed by atoms with E-state index in [1.165, 1.54) is 6.07 Å². The van der Waals surface area contributed by atoms with Crippen molar-refractivity contribution in [1.82, 2.24) is 0 Å². The third kappa shape index (κ3) is 1.63. The Balaban J connectivity index is 2.84. The fourth-order valence-electron chi connectivity index (χ4n) is 1.26. The summed E-state index contributed by atoms with van der Waals surface area (Å²) in [6.45, 7) is 0. The molecule has 0 saturated carbocycles. The number of halogens is 2. The first-order valence-electron chi connectivity index (χ1n) is 3.67. The van der Waals surface area contributed by atoms with Crippen molar-refractivity contribution < 1.29 is 4.39 Å². The predicted molar refractivity (Wildman–Crippen MR) is 61.7 cm³/mol. The van der Waals surface area contributed by atoms with Gasteiger partial charge in [0.2, 0.25) is 0 Å². The van der Waals surface area contributed by atoms with Crippen LogP contribution < -0.4 is 0 Å². The first kappa shape index (κ1) is 9.49. The van der Waals surface area contributed by atoms with Gasteiger partial charge in [0, 0.05) is 25.7 Å². The predicted octanol–water partition coefficient (Wildman–Crippen LogP) is 4.22. The van der Waals surface area contributed by atoms with Gasteiger partial charge in [0.1, 0.15) is 5.82 Å². The molecule has 13 heavy (non-hydrogen) atoms. The Hall–Kier alpha value is -0.0600. The van der Waals surface area contributed by atoms with Gasteiger partial charge < -0.3 is 0 Å². The maximum absolute atomic E-state index is 13.1. The average molecular weight is 277 g/mol. The van der Waals surface area contributed by atoms with Gasteiger partial charge in [-0.1, -0.05) is 15.9 Å². The average Bonchev–Trinajstić information content (AvgIpc) is 2.47. The zero-order chi connectivity index (χ0) is 9.42. The van der Waals surface area contributed by atoms with Gasteiger partial charge >= 0.3 is 0 Å². The van der Waals surface area contributed by atoms with Crippen molar-refractivity contribution in [3.8, 4) is 0 Å². The molecule has 1 heterocycles. The van der Waals surface area contributed by atoms with Gasteiger partial charge in [-0.25, -0.2) is 4.39 Å². The molecule has 0 fully saturated rings. The summed E-state index contributed by atoms with van der Waals surface area (Å²) in [7, 11) is 0. The lowest BCUT2D eigenvalue weighted by Gasteiger charge is -1.98. The lowest BCUT2D eigenvalue weighted by atomic mass is 10.2. The van der Waals surface area contributed by atoms with Crippen LogP contribution in [0.3, 0.4) is 0 Å². The summed E-state index contributed by atoms with van der Waals surface area (Å²) in [5.41, 5.74) is 0.986. The van der Waals surface area contributed by atoms with E-state index in [0.29, 0.717) is 5.33 Å². The van der Waals surface area contributed by atoms with Crippen LogP contribution in [0.15, 0.2) is 22.4 Å². The topological polar surface area (TPSA) is 0 Å². The van der Waals surface area contributed by atoms with Crippen molar-refractivity contribution in [3.63, 3.8) is 0 Å². The second-order valence-corrected chi connectivity index (χ2v) is 4.62. The van der Waals surface area contributed by atoms with E-state index >= 15 is 0 Å². The number of thiol groups is 1. The normalized spacial score (nSPS) is 11.0. The molecule has 2 rings (SSSR count). The zero-order valence-corrected chi connectivity index (χ0v) is 9.85. The number of fused-ring (bicyclic) bond motifs is 1. The molecular formula is C9H6BrFS2. The van der Waals surface area contributed by atoms with Crippen molar-refractivity contribution >= 4 is 50.0 Å². The minimum atomic E-state index is -0.198. The van der Waals surface area contributed by atoms with Crippen LogP contribution in [-0.4, -0.2) is 0 Å². The smallest absolute Gasteiger partial charge is 0.124 e. The van der Waals surface area contributed by atoms with E-state index in [-0.39, 0.29) is 5.82 Å². The zero-order valence-electron chi connectivity index (χ0n) is 6.55. The van der Waals surface area contributed by atoms with Crippen LogP contribution in [0.2, 0.25) is 0 Å². The van der Waals surface area contributed by atoms with Crippen LogP contribution in [0.5, 0.6) is 0 Å². The van der Waals surface area contributed by atoms with Crippen molar-refractivity contribution in [2.24, 2.45) is 0 Å². The summed E-state index contributed by atoms with van der Waals surface area (Å²) >= 11 is 9.20. The Labute approximate surface area is 93.3 Å². The molecule has 0 amide bonds. The minimum Gasteiger partial charge on any atom is -0.207 e. The molecule has 2 aromatic rings. The quantitative estimate of drug-likeness (QED) is 0.585. The van der Waals surface area contributed by atoms with E-state index in [2.05, 4.69) is 28.6 Å². The Morgan fingerprint density at radius 2 is 2.23 bits per heavy atom. The monoisotopic (exact) mass is 276 g/mol. The first-order chi connectivity index (χ1) is 6.22. The van der Waals surface area contributed by atoms with E-state index in [1.54, 1.807) is 17.4 Å². The Morgan fingerprint density at radius 3 is 2.92 bits per heavy atom. The first-order valence-corrected chi connectivity index (χ1v) is 6.11. The lowest BCUT2D eigenvalue weighted by Crippen LogP contribution is -1.81. The molecule has 68 valence electrons. The number of hydrogen-bond acceptors (Lipinski definition) is 2. The Kier molecular flexibility index (Phi) is 2.62. The summed E-state index contributed by atoms with van der Waals surface area (Å²) in [6, 6.07) is 3.08. The molecule has 0 atom stereocenters. The van der Waals surface area contributed by atoms with E-state index in [1.807, 2.05) is 5.38 Å². The van der Waals surface area contributed by atoms with Crippen molar-refractivity contribution in [3.05, 3.63) is 28.9 Å². The van der Waals surface area contributed by atoms with E-state index in [4.69, 9.17) is 0 Å². The number of hydrogen-bond donors (Lipinski definition) is 1. The SMILES string of the molecule is Fc1cc(CBr)c2scc(S)c2c1. The van der Waals surface area contributed by atoms with Crippen molar-refractivity contribution in [2.45, 2.75) is 10.2 Å². The Bertz CT molecular complexity index is 450. The third-order valence-electron chi connectivity index (χ3n) is 1.84. The standard InChI is InChI=1S/C9H6BrFS2/c10-3-5-1-6(11)2-7-8(12)4-13-9(5)7/h1-2,4,12H,3H2. The third-order valence-corrected chi connectivity index (χ3v) is 4.06. The number of alkyl halides is 1. The van der Waals surface area contributed by atoms with Gasteiger partial charge in [-0.2, -0.15) is 0 Å². The van der Waals surface area contributed by atoms with Gasteiger partial charge in [-0.3, -0.25) is 0 Å². The van der Waals surface area contributed by atoms with Crippen LogP contribution in [-0.2, 0) is 5.33 Å². The summed E-state index contributed by atoms with van der Waals surface area (Å²) < 4.78 is 14.2. The largest absolute Gasteiger partial charge is 0.207 e. The molecule has 1 aromatic heterocycles. The molecule has 0 aliphatic heterocycles. The second-order valence-electron chi connectivity index (χ2n) is 2.70. The number of thiophene rings is 1. The summed E-state index contributed by atoms with van der Waals surface area (Å²) in [6.07, 6.45) is 0. The summed E-state index contributed by atoms with van der Waals surface area (Å²) in [5, 5.41) is 3.51. The van der Waals surface area contributed by atoms with Gasteiger partial charge in [0.15, 0.2) is 0 Å². The second kappa shape index (κ2) is 3.59. The maximum Gasteiger partial charge on any atom is 0.124 e. The molecule has 0 saturated heterocycles. The van der Waals surface area contributed by atoms with Crippen LogP contribution >= 0.6 is 39.9 Å². The lowest BCUT2D eigenvalue weighted by molar-refractivity contribution is 0.628. The summed E-state index contributed by atoms with van der Waals surface area (Å²) in [5.74, 6) is -0.198. The molecule has 0 bridgehead atoms. The summed E-state index contributed by atoms with van der Waals surface area (Å²) in [4.78, 5) is 0.849. The molecule has 4 heteroatoms. The van der Waals surface area contributed by atoms with E-state index < -0.39 is 0 Å². The van der Waals surface area contributed by atoms with Crippen molar-refractivity contribution in [1.29, 1.82) is 0 Å². The van der Waals surface area contributed by atoms with E-state index in [9.17, 15) is 4.39 Å². The molecule has 1 aromatic carbocycles. The molecule has 0 unspecified atom stereocenters. The van der Waals surface area contributed by atoms with Crippen LogP contribution in [0, 0.1) is 5.82 Å². The molecular weight excluding hydrogens is 271 g/mol. The van der Waals surface area contributed by atoms with Crippen LogP contribution in [0.25, 0.3) is 10.1 Å². The van der Waals surface area contributed by atoms with E-state index in [0.717, 1.165) is 20.5 Å². The molecule has 0 aliphatic carbocycles. The highest BCUT2D eigenvalue weighted by molar-refractivity contribution is 9.08. The molecule has 0 radical (unpaired) electrons. The van der Waals surface area contributed by atoms with Gasteiger partial charge in [0.25, 0.3) is 0 Å². The van der Waals surface area contributed by atoms with Crippen LogP contribution in [0.1, 0.15) is 5.56 Å². The minimum absolute atomic E-state index is 0.198. The fraction of sp³-hybridized carbons (Fsp3) is 0.111. The van der Waals surface area contributed by atoms with Gasteiger partial charge in [-0.15, -0.1) is 24.0 Å². The van der Waals surface area contributed by atoms with Gasteiger partial charge in [0.05, 0.1) is 0 Å². The molecule has 0 nitrogen and oxygen atoms in total. The number of benzene rings is 1. The molecule has 0 N–H and O–H groups in total. The number of rotatable bonds is 1. The maximum atomic E-state index is 13.1. The molecule has 0 spiro atoms. The molecule has 0 aliphatic rings. The highest BCUT2D eigenvalue weighted by Crippen LogP contribution is 2.33. The Morgan fingerprint density at radius 1 is 1.46 bits per heavy atom. The van der Waals surface area contributed by atoms with Gasteiger partial charge in [-0.05, 0) is 17.7 Å². The highest BCUT2D eigenvalue weighted by Gasteiger charge is 2.07. The highest BCUT2D eigenvalue weighted by atomic mass is 79.9. The fourth-order valence-corrected chi connectivity index (χ4v) is 3.23. The van der Waals surface area contributed by atoms with Crippen molar-refractivity contribution in [2.75, 3.05) is 0 Å². The van der Waals surface area contributed by atoms with Crippen LogP contribution in [0.4, 0.5) is 4.39 Å².